The number of rotatable bonds is 7. The van der Waals surface area contributed by atoms with Gasteiger partial charge in [0.15, 0.2) is 0 Å². The zero-order valence-electron chi connectivity index (χ0n) is 26.0. The van der Waals surface area contributed by atoms with Crippen molar-refractivity contribution in [2.24, 2.45) is 17.1 Å². The van der Waals surface area contributed by atoms with Gasteiger partial charge in [0.25, 0.3) is 0 Å². The SMILES string of the molecule is CC(C)(C)OC(=O)NC(C)(C)C(C)(C(=O)Nc1ccc(-c2ccccc2NC(N)=O)cc1)[C@H]1CCc2ccccc2NC1=O. The Morgan fingerprint density at radius 1 is 0.864 bits per heavy atom. The summed E-state index contributed by atoms with van der Waals surface area (Å²) in [4.78, 5) is 52.6. The molecule has 1 aliphatic rings. The average Bonchev–Trinajstić information content (AvgIpc) is 3.09. The molecule has 44 heavy (non-hydrogen) atoms. The largest absolute Gasteiger partial charge is 0.444 e. The lowest BCUT2D eigenvalue weighted by molar-refractivity contribution is -0.141. The van der Waals surface area contributed by atoms with Crippen molar-refractivity contribution in [1.29, 1.82) is 0 Å². The molecule has 1 heterocycles. The molecule has 0 saturated heterocycles. The number of carbonyl (C=O) groups is 4. The van der Waals surface area contributed by atoms with Crippen LogP contribution in [0.25, 0.3) is 11.1 Å². The normalized spacial score (nSPS) is 16.3. The van der Waals surface area contributed by atoms with E-state index in [1.165, 1.54) is 0 Å². The number of urea groups is 1. The van der Waals surface area contributed by atoms with E-state index in [2.05, 4.69) is 21.3 Å². The summed E-state index contributed by atoms with van der Waals surface area (Å²) in [5.74, 6) is -1.54. The predicted molar refractivity (Wildman–Crippen MR) is 172 cm³/mol. The van der Waals surface area contributed by atoms with Gasteiger partial charge in [0.2, 0.25) is 11.8 Å². The maximum atomic E-state index is 14.4. The molecule has 0 bridgehead atoms. The maximum absolute atomic E-state index is 14.4. The minimum atomic E-state index is -1.42. The summed E-state index contributed by atoms with van der Waals surface area (Å²) in [6.45, 7) is 10.4. The number of aryl methyl sites for hydroxylation is 1. The van der Waals surface area contributed by atoms with Crippen LogP contribution in [0.4, 0.5) is 26.7 Å². The van der Waals surface area contributed by atoms with Crippen molar-refractivity contribution in [3.05, 3.63) is 78.4 Å². The van der Waals surface area contributed by atoms with E-state index in [0.29, 0.717) is 29.9 Å². The predicted octanol–water partition coefficient (Wildman–Crippen LogP) is 6.29. The number of nitrogens with one attached hydrogen (secondary N) is 4. The van der Waals surface area contributed by atoms with E-state index < -0.39 is 40.5 Å². The van der Waals surface area contributed by atoms with E-state index in [-0.39, 0.29) is 5.91 Å². The van der Waals surface area contributed by atoms with Gasteiger partial charge in [-0.15, -0.1) is 0 Å². The summed E-state index contributed by atoms with van der Waals surface area (Å²) in [5.41, 5.74) is 6.22. The van der Waals surface area contributed by atoms with Crippen LogP contribution >= 0.6 is 0 Å². The number of carbonyl (C=O) groups excluding carboxylic acids is 4. The third kappa shape index (κ3) is 7.02. The summed E-state index contributed by atoms with van der Waals surface area (Å²) in [6, 6.07) is 21.2. The molecule has 1 unspecified atom stereocenters. The van der Waals surface area contributed by atoms with Gasteiger partial charge in [0, 0.05) is 16.9 Å². The Morgan fingerprint density at radius 3 is 2.16 bits per heavy atom. The van der Waals surface area contributed by atoms with Gasteiger partial charge in [-0.1, -0.05) is 48.5 Å². The number of benzene rings is 3. The van der Waals surface area contributed by atoms with Gasteiger partial charge in [0.05, 0.1) is 22.6 Å². The number of fused-ring (bicyclic) bond motifs is 1. The zero-order valence-corrected chi connectivity index (χ0v) is 26.0. The van der Waals surface area contributed by atoms with Crippen LogP contribution < -0.4 is 27.0 Å². The molecule has 1 aliphatic heterocycles. The molecular formula is C34H41N5O5. The molecule has 0 saturated carbocycles. The second-order valence-corrected chi connectivity index (χ2v) is 12.8. The number of ether oxygens (including phenoxy) is 1. The topological polar surface area (TPSA) is 152 Å². The second kappa shape index (κ2) is 12.4. The van der Waals surface area contributed by atoms with Crippen LogP contribution in [0, 0.1) is 11.3 Å². The van der Waals surface area contributed by atoms with Crippen molar-refractivity contribution in [2.45, 2.75) is 65.5 Å². The number of hydrogen-bond donors (Lipinski definition) is 5. The highest BCUT2D eigenvalue weighted by Gasteiger charge is 2.56. The molecule has 2 atom stereocenters. The number of primary amides is 1. The molecular weight excluding hydrogens is 558 g/mol. The summed E-state index contributed by atoms with van der Waals surface area (Å²) in [6.07, 6.45) is 0.263. The van der Waals surface area contributed by atoms with E-state index in [0.717, 1.165) is 16.7 Å². The summed E-state index contributed by atoms with van der Waals surface area (Å²) >= 11 is 0. The number of anilines is 3. The molecule has 0 fully saturated rings. The van der Waals surface area contributed by atoms with E-state index in [1.54, 1.807) is 65.8 Å². The van der Waals surface area contributed by atoms with Crippen LogP contribution in [0.1, 0.15) is 53.5 Å². The van der Waals surface area contributed by atoms with E-state index in [9.17, 15) is 19.2 Å². The van der Waals surface area contributed by atoms with Crippen molar-refractivity contribution >= 4 is 41.0 Å². The zero-order chi connectivity index (χ0) is 32.3. The van der Waals surface area contributed by atoms with Gasteiger partial charge >= 0.3 is 12.1 Å². The lowest BCUT2D eigenvalue weighted by Crippen LogP contribution is -2.64. The Morgan fingerprint density at radius 2 is 1.50 bits per heavy atom. The standard InChI is InChI=1S/C34H41N5O5/c1-32(2,3)44-31(43)39-33(4,5)34(6,25-20-17-22-11-7-9-13-26(22)37-28(25)40)29(41)36-23-18-15-21(16-19-23)24-12-8-10-14-27(24)38-30(35)42/h7-16,18-19,25H,17,20H2,1-6H3,(H,36,41)(H,37,40)(H,39,43)(H3,35,38,42)/t25-,34?/m0/s1. The molecule has 10 nitrogen and oxygen atoms in total. The molecule has 4 rings (SSSR count). The van der Waals surface area contributed by atoms with Crippen LogP contribution in [0.3, 0.4) is 0 Å². The first-order valence-electron chi connectivity index (χ1n) is 14.6. The number of hydrogen-bond acceptors (Lipinski definition) is 5. The van der Waals surface area contributed by atoms with E-state index in [1.807, 2.05) is 48.5 Å². The Labute approximate surface area is 258 Å². The van der Waals surface area contributed by atoms with Gasteiger partial charge in [0.1, 0.15) is 5.60 Å². The van der Waals surface area contributed by atoms with Crippen LogP contribution in [0.15, 0.2) is 72.8 Å². The van der Waals surface area contributed by atoms with E-state index >= 15 is 0 Å². The molecule has 3 aromatic carbocycles. The van der Waals surface area contributed by atoms with Gasteiger partial charge < -0.3 is 31.7 Å². The lowest BCUT2D eigenvalue weighted by atomic mass is 9.62. The Kier molecular flexibility index (Phi) is 9.03. The third-order valence-electron chi connectivity index (χ3n) is 8.21. The Balaban J connectivity index is 1.67. The quantitative estimate of drug-likeness (QED) is 0.216. The minimum Gasteiger partial charge on any atom is -0.444 e. The molecule has 10 heteroatoms. The van der Waals surface area contributed by atoms with Crippen molar-refractivity contribution < 1.29 is 23.9 Å². The minimum absolute atomic E-state index is 0.305. The van der Waals surface area contributed by atoms with Crippen molar-refractivity contribution in [3.63, 3.8) is 0 Å². The monoisotopic (exact) mass is 599 g/mol. The lowest BCUT2D eigenvalue weighted by Gasteiger charge is -2.47. The highest BCUT2D eigenvalue weighted by atomic mass is 16.6. The number of para-hydroxylation sites is 2. The van der Waals surface area contributed by atoms with Crippen LogP contribution in [0.5, 0.6) is 0 Å². The summed E-state index contributed by atoms with van der Waals surface area (Å²) in [7, 11) is 0. The highest BCUT2D eigenvalue weighted by Crippen LogP contribution is 2.44. The van der Waals surface area contributed by atoms with Crippen LogP contribution in [0.2, 0.25) is 0 Å². The van der Waals surface area contributed by atoms with Crippen LogP contribution in [-0.2, 0) is 20.7 Å². The molecule has 5 amide bonds. The Bertz CT molecular complexity index is 1560. The summed E-state index contributed by atoms with van der Waals surface area (Å²) < 4.78 is 5.53. The molecule has 3 aromatic rings. The van der Waals surface area contributed by atoms with Gasteiger partial charge in [-0.3, -0.25) is 9.59 Å². The number of nitrogens with two attached hydrogens (primary N) is 1. The molecule has 0 spiro atoms. The first-order valence-corrected chi connectivity index (χ1v) is 14.6. The van der Waals surface area contributed by atoms with Crippen molar-refractivity contribution in [2.75, 3.05) is 16.0 Å². The smallest absolute Gasteiger partial charge is 0.408 e. The van der Waals surface area contributed by atoms with Crippen LogP contribution in [-0.4, -0.2) is 35.1 Å². The van der Waals surface area contributed by atoms with Gasteiger partial charge in [-0.25, -0.2) is 9.59 Å². The fourth-order valence-corrected chi connectivity index (χ4v) is 5.60. The number of alkyl carbamates (subject to hydrolysis) is 1. The molecule has 0 aliphatic carbocycles. The molecule has 0 aromatic heterocycles. The second-order valence-electron chi connectivity index (χ2n) is 12.8. The molecule has 232 valence electrons. The summed E-state index contributed by atoms with van der Waals surface area (Å²) in [5, 5.41) is 11.5. The molecule has 6 N–H and O–H groups in total. The fourth-order valence-electron chi connectivity index (χ4n) is 5.60. The molecule has 0 radical (unpaired) electrons. The average molecular weight is 600 g/mol. The first-order chi connectivity index (χ1) is 20.6. The van der Waals surface area contributed by atoms with E-state index in [4.69, 9.17) is 10.5 Å². The maximum Gasteiger partial charge on any atom is 0.408 e. The fraction of sp³-hybridized carbons (Fsp3) is 0.353. The van der Waals surface area contributed by atoms with Gasteiger partial charge in [-0.05, 0) is 89.8 Å². The number of amides is 5. The van der Waals surface area contributed by atoms with Gasteiger partial charge in [-0.2, -0.15) is 0 Å². The first kappa shape index (κ1) is 32.1. The Hall–Kier alpha value is -4.86. The third-order valence-corrected chi connectivity index (χ3v) is 8.21. The van der Waals surface area contributed by atoms with Crippen molar-refractivity contribution in [1.82, 2.24) is 5.32 Å². The highest BCUT2D eigenvalue weighted by molar-refractivity contribution is 6.03. The van der Waals surface area contributed by atoms with Crippen molar-refractivity contribution in [3.8, 4) is 11.1 Å².